The van der Waals surface area contributed by atoms with Gasteiger partial charge in [-0.2, -0.15) is 0 Å². The molecule has 0 spiro atoms. The van der Waals surface area contributed by atoms with Crippen molar-refractivity contribution in [1.82, 2.24) is 29.7 Å². The van der Waals surface area contributed by atoms with Crippen molar-refractivity contribution in [3.63, 3.8) is 0 Å². The minimum atomic E-state index is -3.71. The number of hydrogen-bond acceptors (Lipinski definition) is 6. The standard InChI is InChI=1S/C9H11BrN6O2S/c1-6-11-4-3-7(13-6)5-12-19(17,18)9-8(10)14-15-16(9)2/h3-4,12H,5H2,1-2H3. The number of halogens is 1. The van der Waals surface area contributed by atoms with Crippen LogP contribution >= 0.6 is 15.9 Å². The molecule has 0 atom stereocenters. The maximum absolute atomic E-state index is 12.1. The molecule has 102 valence electrons. The average Bonchev–Trinajstić information content (AvgIpc) is 2.67. The lowest BCUT2D eigenvalue weighted by Crippen LogP contribution is -2.26. The van der Waals surface area contributed by atoms with Gasteiger partial charge in [0.15, 0.2) is 4.60 Å². The molecule has 0 bridgehead atoms. The Hall–Kier alpha value is -1.39. The Kier molecular flexibility index (Phi) is 3.92. The number of aromatic nitrogens is 5. The number of aryl methyl sites for hydroxylation is 2. The zero-order chi connectivity index (χ0) is 14.0. The number of sulfonamides is 1. The van der Waals surface area contributed by atoms with Crippen LogP contribution in [0.15, 0.2) is 21.9 Å². The lowest BCUT2D eigenvalue weighted by atomic mass is 10.4. The number of hydrogen-bond donors (Lipinski definition) is 1. The highest BCUT2D eigenvalue weighted by molar-refractivity contribution is 9.10. The molecule has 1 N–H and O–H groups in total. The quantitative estimate of drug-likeness (QED) is 0.845. The van der Waals surface area contributed by atoms with Gasteiger partial charge in [-0.05, 0) is 28.9 Å². The SMILES string of the molecule is Cc1nccc(CNS(=O)(=O)c2c(Br)nnn2C)n1. The van der Waals surface area contributed by atoms with Crippen LogP contribution < -0.4 is 4.72 Å². The summed E-state index contributed by atoms with van der Waals surface area (Å²) in [6, 6.07) is 1.64. The molecule has 0 aliphatic carbocycles. The third-order valence-corrected chi connectivity index (χ3v) is 4.56. The molecule has 2 rings (SSSR count). The van der Waals surface area contributed by atoms with E-state index in [9.17, 15) is 8.42 Å². The summed E-state index contributed by atoms with van der Waals surface area (Å²) in [6.45, 7) is 1.81. The molecular formula is C9H11BrN6O2S. The summed E-state index contributed by atoms with van der Waals surface area (Å²) < 4.78 is 28.0. The monoisotopic (exact) mass is 346 g/mol. The molecule has 10 heteroatoms. The van der Waals surface area contributed by atoms with Crippen LogP contribution in [0.25, 0.3) is 0 Å². The van der Waals surface area contributed by atoms with Crippen LogP contribution in [0.3, 0.4) is 0 Å². The Morgan fingerprint density at radius 2 is 2.21 bits per heavy atom. The summed E-state index contributed by atoms with van der Waals surface area (Å²) in [7, 11) is -2.21. The van der Waals surface area contributed by atoms with E-state index >= 15 is 0 Å². The van der Waals surface area contributed by atoms with Gasteiger partial charge in [0.2, 0.25) is 5.03 Å². The van der Waals surface area contributed by atoms with Crippen LogP contribution in [-0.2, 0) is 23.6 Å². The molecule has 0 amide bonds. The third kappa shape index (κ3) is 3.14. The van der Waals surface area contributed by atoms with E-state index in [1.807, 2.05) is 0 Å². The van der Waals surface area contributed by atoms with Crippen molar-refractivity contribution in [2.45, 2.75) is 18.5 Å². The van der Waals surface area contributed by atoms with E-state index in [2.05, 4.69) is 40.9 Å². The average molecular weight is 347 g/mol. The molecule has 0 aromatic carbocycles. The van der Waals surface area contributed by atoms with E-state index < -0.39 is 10.0 Å². The zero-order valence-corrected chi connectivity index (χ0v) is 12.6. The number of nitrogens with zero attached hydrogens (tertiary/aromatic N) is 5. The van der Waals surface area contributed by atoms with Crippen LogP contribution in [0.1, 0.15) is 11.5 Å². The van der Waals surface area contributed by atoms with Gasteiger partial charge in [-0.1, -0.05) is 5.21 Å². The van der Waals surface area contributed by atoms with Gasteiger partial charge in [0.1, 0.15) is 5.82 Å². The van der Waals surface area contributed by atoms with E-state index in [1.54, 1.807) is 19.2 Å². The highest BCUT2D eigenvalue weighted by Crippen LogP contribution is 2.17. The topological polar surface area (TPSA) is 103 Å². The molecule has 0 saturated heterocycles. The van der Waals surface area contributed by atoms with Crippen LogP contribution in [0.4, 0.5) is 0 Å². The number of rotatable bonds is 4. The second-order valence-corrected chi connectivity index (χ2v) is 6.16. The second kappa shape index (κ2) is 5.31. The van der Waals surface area contributed by atoms with Crippen molar-refractivity contribution in [3.8, 4) is 0 Å². The Morgan fingerprint density at radius 3 is 2.79 bits per heavy atom. The van der Waals surface area contributed by atoms with Crippen LogP contribution in [0.2, 0.25) is 0 Å². The van der Waals surface area contributed by atoms with Gasteiger partial charge in [-0.25, -0.2) is 27.8 Å². The maximum Gasteiger partial charge on any atom is 0.260 e. The first-order chi connectivity index (χ1) is 8.90. The summed E-state index contributed by atoms with van der Waals surface area (Å²) in [5.41, 5.74) is 0.585. The normalized spacial score (nSPS) is 11.7. The summed E-state index contributed by atoms with van der Waals surface area (Å²) in [5, 5.41) is 7.23. The molecule has 19 heavy (non-hydrogen) atoms. The van der Waals surface area contributed by atoms with E-state index in [1.165, 1.54) is 11.7 Å². The van der Waals surface area contributed by atoms with Crippen LogP contribution in [0.5, 0.6) is 0 Å². The summed E-state index contributed by atoms with van der Waals surface area (Å²) >= 11 is 3.05. The smallest absolute Gasteiger partial charge is 0.242 e. The summed E-state index contributed by atoms with van der Waals surface area (Å²) in [4.78, 5) is 8.06. The highest BCUT2D eigenvalue weighted by atomic mass is 79.9. The molecule has 0 radical (unpaired) electrons. The Bertz CT molecular complexity index is 679. The number of nitrogens with one attached hydrogen (secondary N) is 1. The largest absolute Gasteiger partial charge is 0.260 e. The third-order valence-electron chi connectivity index (χ3n) is 2.27. The predicted molar refractivity (Wildman–Crippen MR) is 69.5 cm³/mol. The fourth-order valence-corrected chi connectivity index (χ4v) is 3.54. The minimum Gasteiger partial charge on any atom is -0.242 e. The van der Waals surface area contributed by atoms with Gasteiger partial charge in [0.25, 0.3) is 10.0 Å². The zero-order valence-electron chi connectivity index (χ0n) is 10.2. The molecule has 0 unspecified atom stereocenters. The Morgan fingerprint density at radius 1 is 1.47 bits per heavy atom. The van der Waals surface area contributed by atoms with Gasteiger partial charge < -0.3 is 0 Å². The predicted octanol–water partition coefficient (Wildman–Crippen LogP) is 0.155. The summed E-state index contributed by atoms with van der Waals surface area (Å²) in [6.07, 6.45) is 1.58. The Balaban J connectivity index is 2.19. The minimum absolute atomic E-state index is 0.0294. The summed E-state index contributed by atoms with van der Waals surface area (Å²) in [5.74, 6) is 0.583. The molecule has 2 aromatic rings. The second-order valence-electron chi connectivity index (χ2n) is 3.73. The molecule has 0 aliphatic rings. The highest BCUT2D eigenvalue weighted by Gasteiger charge is 2.23. The first-order valence-corrected chi connectivity index (χ1v) is 7.51. The van der Waals surface area contributed by atoms with Crippen molar-refractivity contribution in [1.29, 1.82) is 0 Å². The molecule has 2 aromatic heterocycles. The van der Waals surface area contributed by atoms with Gasteiger partial charge in [-0.3, -0.25) is 0 Å². The molecular weight excluding hydrogens is 336 g/mol. The van der Waals surface area contributed by atoms with E-state index in [4.69, 9.17) is 0 Å². The van der Waals surface area contributed by atoms with E-state index in [-0.39, 0.29) is 16.2 Å². The van der Waals surface area contributed by atoms with Crippen LogP contribution in [-0.4, -0.2) is 33.4 Å². The van der Waals surface area contributed by atoms with Crippen molar-refractivity contribution < 1.29 is 8.42 Å². The fourth-order valence-electron chi connectivity index (χ4n) is 1.45. The van der Waals surface area contributed by atoms with Gasteiger partial charge in [0, 0.05) is 13.2 Å². The molecule has 0 aliphatic heterocycles. The van der Waals surface area contributed by atoms with Crippen molar-refractivity contribution >= 4 is 26.0 Å². The van der Waals surface area contributed by atoms with Crippen LogP contribution in [0, 0.1) is 6.92 Å². The molecule has 8 nitrogen and oxygen atoms in total. The van der Waals surface area contributed by atoms with E-state index in [0.29, 0.717) is 11.5 Å². The van der Waals surface area contributed by atoms with Crippen molar-refractivity contribution in [2.75, 3.05) is 0 Å². The Labute approximate surface area is 118 Å². The van der Waals surface area contributed by atoms with Gasteiger partial charge >= 0.3 is 0 Å². The molecule has 2 heterocycles. The fraction of sp³-hybridized carbons (Fsp3) is 0.333. The van der Waals surface area contributed by atoms with Gasteiger partial charge in [-0.15, -0.1) is 5.10 Å². The maximum atomic E-state index is 12.1. The van der Waals surface area contributed by atoms with Crippen molar-refractivity contribution in [2.24, 2.45) is 7.05 Å². The van der Waals surface area contributed by atoms with Gasteiger partial charge in [0.05, 0.1) is 12.2 Å². The molecule has 0 saturated carbocycles. The lowest BCUT2D eigenvalue weighted by Gasteiger charge is -2.06. The molecule has 0 fully saturated rings. The lowest BCUT2D eigenvalue weighted by molar-refractivity contribution is 0.559. The van der Waals surface area contributed by atoms with E-state index in [0.717, 1.165) is 0 Å². The first-order valence-electron chi connectivity index (χ1n) is 5.23. The van der Waals surface area contributed by atoms with Crippen molar-refractivity contribution in [3.05, 3.63) is 28.4 Å². The first kappa shape index (κ1) is 14.0.